The first-order valence-corrected chi connectivity index (χ1v) is 8.50. The molecule has 24 heavy (non-hydrogen) atoms. The van der Waals surface area contributed by atoms with Gasteiger partial charge in [0, 0.05) is 47.6 Å². The van der Waals surface area contributed by atoms with E-state index < -0.39 is 0 Å². The summed E-state index contributed by atoms with van der Waals surface area (Å²) in [7, 11) is 0. The summed E-state index contributed by atoms with van der Waals surface area (Å²) >= 11 is 1.76. The van der Waals surface area contributed by atoms with E-state index in [-0.39, 0.29) is 0 Å². The van der Waals surface area contributed by atoms with Crippen LogP contribution in [0.4, 0.5) is 5.82 Å². The number of aromatic nitrogens is 4. The molecule has 0 saturated carbocycles. The van der Waals surface area contributed by atoms with Gasteiger partial charge in [-0.25, -0.2) is 9.97 Å². The summed E-state index contributed by atoms with van der Waals surface area (Å²) in [6.07, 6.45) is 8.99. The standard InChI is InChI=1S/C17H14N6S/c1-11-6-20-16-15(11)17(22-10-21-16)23-2-3-24-14(9-23)13-4-12(5-18)7-19-8-13/h4,6-10H,2-3H2,1H3,(H,20,21,22). The number of rotatable bonds is 2. The minimum atomic E-state index is 0.567. The highest BCUT2D eigenvalue weighted by atomic mass is 32.2. The summed E-state index contributed by atoms with van der Waals surface area (Å²) in [6, 6.07) is 4.01. The van der Waals surface area contributed by atoms with Gasteiger partial charge in [-0.2, -0.15) is 5.26 Å². The maximum absolute atomic E-state index is 9.07. The Balaban J connectivity index is 1.78. The van der Waals surface area contributed by atoms with Gasteiger partial charge in [-0.1, -0.05) is 0 Å². The molecular weight excluding hydrogens is 320 g/mol. The van der Waals surface area contributed by atoms with Crippen molar-refractivity contribution < 1.29 is 0 Å². The lowest BCUT2D eigenvalue weighted by Crippen LogP contribution is -2.24. The van der Waals surface area contributed by atoms with E-state index in [1.165, 1.54) is 0 Å². The summed E-state index contributed by atoms with van der Waals surface area (Å²) in [6.45, 7) is 2.92. The van der Waals surface area contributed by atoms with Gasteiger partial charge in [-0.05, 0) is 18.6 Å². The summed E-state index contributed by atoms with van der Waals surface area (Å²) in [5, 5.41) is 10.1. The summed E-state index contributed by atoms with van der Waals surface area (Å²) in [5.41, 5.74) is 3.50. The molecule has 0 aliphatic carbocycles. The van der Waals surface area contributed by atoms with Crippen LogP contribution in [0.2, 0.25) is 0 Å². The number of nitrogens with zero attached hydrogens (tertiary/aromatic N) is 5. The molecule has 3 aromatic rings. The fraction of sp³-hybridized carbons (Fsp3) is 0.176. The van der Waals surface area contributed by atoms with Crippen LogP contribution in [-0.4, -0.2) is 32.2 Å². The fourth-order valence-corrected chi connectivity index (χ4v) is 3.76. The third-order valence-electron chi connectivity index (χ3n) is 3.93. The highest BCUT2D eigenvalue weighted by Crippen LogP contribution is 2.35. The van der Waals surface area contributed by atoms with Crippen LogP contribution in [-0.2, 0) is 0 Å². The molecule has 1 aliphatic rings. The Morgan fingerprint density at radius 1 is 1.33 bits per heavy atom. The molecule has 6 nitrogen and oxygen atoms in total. The molecule has 0 atom stereocenters. The quantitative estimate of drug-likeness (QED) is 0.775. The molecule has 1 aliphatic heterocycles. The molecular formula is C17H14N6S. The van der Waals surface area contributed by atoms with Crippen molar-refractivity contribution in [3.63, 3.8) is 0 Å². The van der Waals surface area contributed by atoms with E-state index in [1.807, 2.05) is 12.3 Å². The lowest BCUT2D eigenvalue weighted by atomic mass is 10.2. The van der Waals surface area contributed by atoms with Crippen molar-refractivity contribution >= 4 is 33.5 Å². The van der Waals surface area contributed by atoms with Crippen molar-refractivity contribution in [1.82, 2.24) is 19.9 Å². The van der Waals surface area contributed by atoms with Gasteiger partial charge < -0.3 is 9.88 Å². The summed E-state index contributed by atoms with van der Waals surface area (Å²) in [5.74, 6) is 1.85. The normalized spacial score (nSPS) is 14.5. The number of anilines is 1. The smallest absolute Gasteiger partial charge is 0.145 e. The fourth-order valence-electron chi connectivity index (χ4n) is 2.77. The van der Waals surface area contributed by atoms with Gasteiger partial charge >= 0.3 is 0 Å². The number of pyridine rings is 1. The largest absolute Gasteiger partial charge is 0.346 e. The van der Waals surface area contributed by atoms with Crippen molar-refractivity contribution in [2.45, 2.75) is 6.92 Å². The third kappa shape index (κ3) is 2.51. The second-order valence-corrected chi connectivity index (χ2v) is 6.64. The molecule has 1 N–H and O–H groups in total. The zero-order chi connectivity index (χ0) is 16.5. The van der Waals surface area contributed by atoms with Crippen molar-refractivity contribution in [3.8, 4) is 6.07 Å². The van der Waals surface area contributed by atoms with Crippen LogP contribution in [0.25, 0.3) is 15.9 Å². The zero-order valence-electron chi connectivity index (χ0n) is 13.0. The number of H-pyrrole nitrogens is 1. The van der Waals surface area contributed by atoms with Crippen LogP contribution in [0.5, 0.6) is 0 Å². The van der Waals surface area contributed by atoms with E-state index in [9.17, 15) is 0 Å². The lowest BCUT2D eigenvalue weighted by molar-refractivity contribution is 0.987. The van der Waals surface area contributed by atoms with E-state index >= 15 is 0 Å². The molecule has 118 valence electrons. The molecule has 0 aromatic carbocycles. The maximum atomic E-state index is 9.07. The Morgan fingerprint density at radius 2 is 2.25 bits per heavy atom. The van der Waals surface area contributed by atoms with E-state index in [0.29, 0.717) is 5.56 Å². The van der Waals surface area contributed by atoms with Crippen LogP contribution in [0.1, 0.15) is 16.7 Å². The molecule has 0 amide bonds. The Morgan fingerprint density at radius 3 is 3.12 bits per heavy atom. The number of thioether (sulfide) groups is 1. The van der Waals surface area contributed by atoms with Crippen molar-refractivity contribution in [2.24, 2.45) is 0 Å². The molecule has 0 radical (unpaired) electrons. The van der Waals surface area contributed by atoms with Gasteiger partial charge in [0.25, 0.3) is 0 Å². The number of nitriles is 1. The SMILES string of the molecule is Cc1c[nH]c2ncnc(N3C=C(c4cncc(C#N)c4)SCC3)c12. The molecule has 0 saturated heterocycles. The first-order valence-electron chi connectivity index (χ1n) is 7.52. The van der Waals surface area contributed by atoms with Gasteiger partial charge in [0.15, 0.2) is 0 Å². The number of aromatic amines is 1. The van der Waals surface area contributed by atoms with Crippen LogP contribution in [0.15, 0.2) is 37.2 Å². The van der Waals surface area contributed by atoms with Crippen molar-refractivity contribution in [3.05, 3.63) is 53.9 Å². The Hall–Kier alpha value is -2.85. The number of hydrogen-bond donors (Lipinski definition) is 1. The van der Waals surface area contributed by atoms with Crippen LogP contribution in [0.3, 0.4) is 0 Å². The average Bonchev–Trinajstić information content (AvgIpc) is 3.03. The maximum Gasteiger partial charge on any atom is 0.145 e. The number of fused-ring (bicyclic) bond motifs is 1. The van der Waals surface area contributed by atoms with Crippen molar-refractivity contribution in [1.29, 1.82) is 5.26 Å². The van der Waals surface area contributed by atoms with Gasteiger partial charge in [0.05, 0.1) is 10.9 Å². The first-order chi connectivity index (χ1) is 11.8. The van der Waals surface area contributed by atoms with Crippen LogP contribution < -0.4 is 4.90 Å². The average molecular weight is 334 g/mol. The van der Waals surface area contributed by atoms with Gasteiger partial charge in [-0.3, -0.25) is 4.98 Å². The number of nitrogens with one attached hydrogen (secondary N) is 1. The minimum Gasteiger partial charge on any atom is -0.346 e. The Bertz CT molecular complexity index is 984. The summed E-state index contributed by atoms with van der Waals surface area (Å²) < 4.78 is 0. The molecule has 7 heteroatoms. The molecule has 4 heterocycles. The predicted octanol–water partition coefficient (Wildman–Crippen LogP) is 3.08. The topological polar surface area (TPSA) is 81.5 Å². The number of hydrogen-bond acceptors (Lipinski definition) is 6. The van der Waals surface area contributed by atoms with E-state index in [0.717, 1.165) is 45.2 Å². The van der Waals surface area contributed by atoms with E-state index in [4.69, 9.17) is 5.26 Å². The van der Waals surface area contributed by atoms with E-state index in [2.05, 4.69) is 44.0 Å². The van der Waals surface area contributed by atoms with Gasteiger partial charge in [0.1, 0.15) is 23.9 Å². The summed E-state index contributed by atoms with van der Waals surface area (Å²) in [4.78, 5) is 19.4. The van der Waals surface area contributed by atoms with E-state index in [1.54, 1.807) is 30.5 Å². The Kier molecular flexibility index (Phi) is 3.67. The second kappa shape index (κ2) is 5.98. The molecule has 4 rings (SSSR count). The highest BCUT2D eigenvalue weighted by molar-refractivity contribution is 8.08. The third-order valence-corrected chi connectivity index (χ3v) is 4.97. The lowest BCUT2D eigenvalue weighted by Gasteiger charge is -2.26. The van der Waals surface area contributed by atoms with Crippen molar-refractivity contribution in [2.75, 3.05) is 17.2 Å². The first kappa shape index (κ1) is 14.7. The molecule has 0 bridgehead atoms. The van der Waals surface area contributed by atoms with Gasteiger partial charge in [-0.15, -0.1) is 11.8 Å². The highest BCUT2D eigenvalue weighted by Gasteiger charge is 2.19. The van der Waals surface area contributed by atoms with Crippen LogP contribution >= 0.6 is 11.8 Å². The number of aryl methyl sites for hydroxylation is 1. The van der Waals surface area contributed by atoms with Gasteiger partial charge in [0.2, 0.25) is 0 Å². The zero-order valence-corrected chi connectivity index (χ0v) is 13.8. The van der Waals surface area contributed by atoms with Crippen LogP contribution in [0, 0.1) is 18.3 Å². The minimum absolute atomic E-state index is 0.567. The Labute approximate surface area is 143 Å². The molecule has 0 spiro atoms. The monoisotopic (exact) mass is 334 g/mol. The molecule has 0 fully saturated rings. The second-order valence-electron chi connectivity index (χ2n) is 5.50. The predicted molar refractivity (Wildman–Crippen MR) is 95.4 cm³/mol. The molecule has 0 unspecified atom stereocenters. The molecule has 3 aromatic heterocycles.